The van der Waals surface area contributed by atoms with Gasteiger partial charge in [0.1, 0.15) is 5.76 Å². The summed E-state index contributed by atoms with van der Waals surface area (Å²) < 4.78 is 5.14. The SMILES string of the molecule is O=C(/C=C/c1ccco1)N1CC(N2C(=O)[C@@H]3CC=CC[C@H]3C2=O)C1. The minimum atomic E-state index is -0.203. The number of carbonyl (C=O) groups is 3. The summed E-state index contributed by atoms with van der Waals surface area (Å²) in [4.78, 5) is 40.1. The molecule has 3 amide bonds. The van der Waals surface area contributed by atoms with Crippen LogP contribution in [0.5, 0.6) is 0 Å². The molecule has 0 bridgehead atoms. The van der Waals surface area contributed by atoms with Gasteiger partial charge in [-0.2, -0.15) is 0 Å². The molecule has 0 aromatic carbocycles. The molecular weight excluding hydrogens is 308 g/mol. The predicted molar refractivity (Wildman–Crippen MR) is 85.3 cm³/mol. The minimum absolute atomic E-state index is 0.0717. The topological polar surface area (TPSA) is 70.8 Å². The average molecular weight is 326 g/mol. The Kier molecular flexibility index (Phi) is 3.59. The third-order valence-electron chi connectivity index (χ3n) is 5.01. The molecule has 2 fully saturated rings. The molecule has 2 atom stereocenters. The second-order valence-electron chi connectivity index (χ2n) is 6.45. The van der Waals surface area contributed by atoms with Gasteiger partial charge >= 0.3 is 0 Å². The van der Waals surface area contributed by atoms with Gasteiger partial charge in [0.05, 0.1) is 24.1 Å². The van der Waals surface area contributed by atoms with E-state index in [1.165, 1.54) is 11.0 Å². The lowest BCUT2D eigenvalue weighted by atomic mass is 9.85. The first-order chi connectivity index (χ1) is 11.6. The van der Waals surface area contributed by atoms with Crippen LogP contribution in [0.1, 0.15) is 18.6 Å². The van der Waals surface area contributed by atoms with Gasteiger partial charge in [-0.3, -0.25) is 19.3 Å². The Morgan fingerprint density at radius 1 is 1.12 bits per heavy atom. The maximum Gasteiger partial charge on any atom is 0.246 e. The van der Waals surface area contributed by atoms with Crippen LogP contribution in [0.15, 0.2) is 41.0 Å². The second kappa shape index (κ2) is 5.78. The Morgan fingerprint density at radius 3 is 2.38 bits per heavy atom. The van der Waals surface area contributed by atoms with Gasteiger partial charge in [-0.15, -0.1) is 0 Å². The first-order valence-corrected chi connectivity index (χ1v) is 8.17. The Balaban J connectivity index is 1.36. The third kappa shape index (κ3) is 2.38. The van der Waals surface area contributed by atoms with E-state index in [2.05, 4.69) is 0 Å². The first kappa shape index (κ1) is 14.9. The van der Waals surface area contributed by atoms with Crippen LogP contribution in [0.4, 0.5) is 0 Å². The Hall–Kier alpha value is -2.63. The van der Waals surface area contributed by atoms with Crippen LogP contribution in [-0.2, 0) is 14.4 Å². The summed E-state index contributed by atoms with van der Waals surface area (Å²) >= 11 is 0. The van der Waals surface area contributed by atoms with Gasteiger partial charge in [-0.05, 0) is 31.1 Å². The molecule has 6 nitrogen and oxygen atoms in total. The molecular formula is C18H18N2O4. The summed E-state index contributed by atoms with van der Waals surface area (Å²) in [5.41, 5.74) is 0. The van der Waals surface area contributed by atoms with E-state index in [0.717, 1.165) is 0 Å². The van der Waals surface area contributed by atoms with Gasteiger partial charge in [0.2, 0.25) is 17.7 Å². The smallest absolute Gasteiger partial charge is 0.246 e. The zero-order valence-corrected chi connectivity index (χ0v) is 13.1. The van der Waals surface area contributed by atoms with Gasteiger partial charge in [-0.1, -0.05) is 12.2 Å². The Bertz CT molecular complexity index is 702. The minimum Gasteiger partial charge on any atom is -0.465 e. The van der Waals surface area contributed by atoms with Crippen molar-refractivity contribution in [3.63, 3.8) is 0 Å². The van der Waals surface area contributed by atoms with Crippen molar-refractivity contribution in [2.45, 2.75) is 18.9 Å². The van der Waals surface area contributed by atoms with Crippen molar-refractivity contribution in [3.8, 4) is 0 Å². The second-order valence-corrected chi connectivity index (χ2v) is 6.45. The summed E-state index contributed by atoms with van der Waals surface area (Å²) in [6.07, 6.45) is 9.86. The van der Waals surface area contributed by atoms with Crippen LogP contribution < -0.4 is 0 Å². The summed E-state index contributed by atoms with van der Waals surface area (Å²) in [6.45, 7) is 0.817. The van der Waals surface area contributed by atoms with Crippen molar-refractivity contribution in [2.75, 3.05) is 13.1 Å². The van der Waals surface area contributed by atoms with Crippen molar-refractivity contribution in [3.05, 3.63) is 42.4 Å². The normalized spacial score (nSPS) is 27.0. The van der Waals surface area contributed by atoms with E-state index in [1.807, 2.05) is 12.2 Å². The largest absolute Gasteiger partial charge is 0.465 e. The first-order valence-electron chi connectivity index (χ1n) is 8.17. The number of hydrogen-bond donors (Lipinski definition) is 0. The van der Waals surface area contributed by atoms with E-state index >= 15 is 0 Å². The van der Waals surface area contributed by atoms with Crippen molar-refractivity contribution >= 4 is 23.8 Å². The molecule has 0 saturated carbocycles. The molecule has 3 aliphatic rings. The number of amides is 3. The molecule has 6 heteroatoms. The fourth-order valence-electron chi connectivity index (χ4n) is 3.63. The standard InChI is InChI=1S/C18H18N2O4/c21-16(8-7-13-4-3-9-24-13)19-10-12(11-19)20-17(22)14-5-1-2-6-15(14)18(20)23/h1-4,7-9,12,14-15H,5-6,10-11H2/b8-7+/t14-,15-/m1/s1. The zero-order valence-electron chi connectivity index (χ0n) is 13.1. The number of fused-ring (bicyclic) bond motifs is 1. The van der Waals surface area contributed by atoms with E-state index in [0.29, 0.717) is 31.7 Å². The van der Waals surface area contributed by atoms with Gasteiger partial charge in [0, 0.05) is 19.2 Å². The molecule has 0 spiro atoms. The molecule has 24 heavy (non-hydrogen) atoms. The predicted octanol–water partition coefficient (Wildman–Crippen LogP) is 1.45. The van der Waals surface area contributed by atoms with E-state index in [1.54, 1.807) is 29.4 Å². The quantitative estimate of drug-likeness (QED) is 0.479. The third-order valence-corrected chi connectivity index (χ3v) is 5.01. The van der Waals surface area contributed by atoms with Crippen LogP contribution in [0.25, 0.3) is 6.08 Å². The Labute approximate surface area is 139 Å². The summed E-state index contributed by atoms with van der Waals surface area (Å²) in [5.74, 6) is -0.0740. The lowest BCUT2D eigenvalue weighted by Crippen LogP contribution is -2.62. The van der Waals surface area contributed by atoms with Crippen molar-refractivity contribution in [2.24, 2.45) is 11.8 Å². The highest BCUT2D eigenvalue weighted by Crippen LogP contribution is 2.37. The van der Waals surface area contributed by atoms with Crippen LogP contribution in [0, 0.1) is 11.8 Å². The zero-order chi connectivity index (χ0) is 16.7. The molecule has 3 heterocycles. The highest BCUT2D eigenvalue weighted by Gasteiger charge is 2.52. The van der Waals surface area contributed by atoms with Gasteiger partial charge in [-0.25, -0.2) is 0 Å². The average Bonchev–Trinajstić information content (AvgIpc) is 3.15. The number of likely N-dealkylation sites (tertiary alicyclic amines) is 2. The van der Waals surface area contributed by atoms with Crippen LogP contribution >= 0.6 is 0 Å². The van der Waals surface area contributed by atoms with Crippen molar-refractivity contribution < 1.29 is 18.8 Å². The van der Waals surface area contributed by atoms with Gasteiger partial charge < -0.3 is 9.32 Å². The van der Waals surface area contributed by atoms with E-state index < -0.39 is 0 Å². The lowest BCUT2D eigenvalue weighted by Gasteiger charge is -2.42. The van der Waals surface area contributed by atoms with Crippen molar-refractivity contribution in [1.82, 2.24) is 9.80 Å². The number of hydrogen-bond acceptors (Lipinski definition) is 4. The summed E-state index contributed by atoms with van der Waals surface area (Å²) in [6, 6.07) is 3.33. The van der Waals surface area contributed by atoms with Crippen LogP contribution in [-0.4, -0.2) is 46.7 Å². The number of rotatable bonds is 3. The molecule has 1 aromatic rings. The number of nitrogens with zero attached hydrogens (tertiary/aromatic N) is 2. The Morgan fingerprint density at radius 2 is 1.79 bits per heavy atom. The number of allylic oxidation sites excluding steroid dienone is 2. The molecule has 124 valence electrons. The number of furan rings is 1. The van der Waals surface area contributed by atoms with E-state index in [4.69, 9.17) is 4.42 Å². The molecule has 0 N–H and O–H groups in total. The van der Waals surface area contributed by atoms with E-state index in [9.17, 15) is 14.4 Å². The van der Waals surface area contributed by atoms with E-state index in [-0.39, 0.29) is 35.6 Å². The number of imide groups is 1. The maximum atomic E-state index is 12.5. The highest BCUT2D eigenvalue weighted by atomic mass is 16.3. The maximum absolute atomic E-state index is 12.5. The molecule has 1 aromatic heterocycles. The summed E-state index contributed by atoms with van der Waals surface area (Å²) in [5, 5.41) is 0. The van der Waals surface area contributed by atoms with Gasteiger partial charge in [0.15, 0.2) is 0 Å². The highest BCUT2D eigenvalue weighted by molar-refractivity contribution is 6.06. The van der Waals surface area contributed by atoms with Crippen LogP contribution in [0.2, 0.25) is 0 Å². The van der Waals surface area contributed by atoms with Crippen LogP contribution in [0.3, 0.4) is 0 Å². The monoisotopic (exact) mass is 326 g/mol. The number of carbonyl (C=O) groups excluding carboxylic acids is 3. The fraction of sp³-hybridized carbons (Fsp3) is 0.389. The molecule has 0 unspecified atom stereocenters. The molecule has 2 aliphatic heterocycles. The van der Waals surface area contributed by atoms with Gasteiger partial charge in [0.25, 0.3) is 0 Å². The van der Waals surface area contributed by atoms with Crippen molar-refractivity contribution in [1.29, 1.82) is 0 Å². The molecule has 1 aliphatic carbocycles. The molecule has 2 saturated heterocycles. The summed E-state index contributed by atoms with van der Waals surface area (Å²) in [7, 11) is 0. The molecule has 4 rings (SSSR count). The molecule has 0 radical (unpaired) electrons. The fourth-order valence-corrected chi connectivity index (χ4v) is 3.63. The lowest BCUT2D eigenvalue weighted by molar-refractivity contribution is -0.151.